The molecular formula is C20H28N4O. The number of hydrogen-bond acceptors (Lipinski definition) is 3. The van der Waals surface area contributed by atoms with E-state index in [2.05, 4.69) is 57.9 Å². The number of amides is 1. The minimum absolute atomic E-state index is 0.0262. The Morgan fingerprint density at radius 1 is 1.32 bits per heavy atom. The lowest BCUT2D eigenvalue weighted by atomic mass is 10.1. The van der Waals surface area contributed by atoms with Crippen molar-refractivity contribution in [3.8, 4) is 0 Å². The first-order chi connectivity index (χ1) is 12.1. The molecule has 1 saturated heterocycles. The van der Waals surface area contributed by atoms with Gasteiger partial charge >= 0.3 is 0 Å². The lowest BCUT2D eigenvalue weighted by Crippen LogP contribution is -2.42. The van der Waals surface area contributed by atoms with E-state index in [1.54, 1.807) is 0 Å². The first kappa shape index (κ1) is 17.7. The number of rotatable bonds is 7. The molecule has 25 heavy (non-hydrogen) atoms. The van der Waals surface area contributed by atoms with Gasteiger partial charge in [-0.15, -0.1) is 0 Å². The minimum Gasteiger partial charge on any atom is -0.349 e. The smallest absolute Gasteiger partial charge is 0.237 e. The van der Waals surface area contributed by atoms with Crippen LogP contribution in [0.2, 0.25) is 0 Å². The van der Waals surface area contributed by atoms with Gasteiger partial charge in [0, 0.05) is 19.3 Å². The van der Waals surface area contributed by atoms with Crippen molar-refractivity contribution in [2.45, 2.75) is 52.4 Å². The normalized spacial score (nSPS) is 18.0. The molecule has 1 aliphatic heterocycles. The van der Waals surface area contributed by atoms with Gasteiger partial charge < -0.3 is 9.88 Å². The molecule has 5 heteroatoms. The van der Waals surface area contributed by atoms with Gasteiger partial charge in [-0.25, -0.2) is 4.98 Å². The van der Waals surface area contributed by atoms with Crippen LogP contribution in [0.3, 0.4) is 0 Å². The summed E-state index contributed by atoms with van der Waals surface area (Å²) in [5, 5.41) is 3.11. The van der Waals surface area contributed by atoms with Crippen LogP contribution in [-0.2, 0) is 24.4 Å². The lowest BCUT2D eigenvalue weighted by molar-refractivity contribution is -0.125. The molecule has 1 N–H and O–H groups in total. The topological polar surface area (TPSA) is 50.2 Å². The monoisotopic (exact) mass is 340 g/mol. The van der Waals surface area contributed by atoms with Gasteiger partial charge in [-0.3, -0.25) is 9.69 Å². The van der Waals surface area contributed by atoms with Crippen LogP contribution in [0.25, 0.3) is 0 Å². The average Bonchev–Trinajstić information content (AvgIpc) is 3.22. The molecule has 0 bridgehead atoms. The Morgan fingerprint density at radius 3 is 2.88 bits per heavy atom. The predicted octanol–water partition coefficient (Wildman–Crippen LogP) is 2.82. The molecule has 0 radical (unpaired) electrons. The summed E-state index contributed by atoms with van der Waals surface area (Å²) in [7, 11) is 0. The number of likely N-dealkylation sites (tertiary alicyclic amines) is 1. The van der Waals surface area contributed by atoms with Gasteiger partial charge in [-0.2, -0.15) is 0 Å². The number of imidazole rings is 1. The highest BCUT2D eigenvalue weighted by atomic mass is 16.2. The molecule has 0 aliphatic carbocycles. The fourth-order valence-corrected chi connectivity index (χ4v) is 3.48. The van der Waals surface area contributed by atoms with Gasteiger partial charge in [0.2, 0.25) is 5.91 Å². The van der Waals surface area contributed by atoms with E-state index in [1.165, 1.54) is 5.56 Å². The van der Waals surface area contributed by atoms with E-state index in [0.29, 0.717) is 12.5 Å². The third kappa shape index (κ3) is 4.69. The van der Waals surface area contributed by atoms with Crippen molar-refractivity contribution in [3.05, 3.63) is 54.1 Å². The van der Waals surface area contributed by atoms with Gasteiger partial charge in [0.1, 0.15) is 0 Å². The maximum Gasteiger partial charge on any atom is 0.237 e. The largest absolute Gasteiger partial charge is 0.349 e. The van der Waals surface area contributed by atoms with Crippen molar-refractivity contribution in [2.24, 2.45) is 5.92 Å². The number of carbonyl (C=O) groups excluding carboxylic acids is 1. The van der Waals surface area contributed by atoms with Crippen LogP contribution in [0.5, 0.6) is 0 Å². The third-order valence-corrected chi connectivity index (χ3v) is 4.70. The van der Waals surface area contributed by atoms with Crippen molar-refractivity contribution >= 4 is 5.91 Å². The van der Waals surface area contributed by atoms with Crippen molar-refractivity contribution in [3.63, 3.8) is 0 Å². The Hall–Kier alpha value is -2.14. The number of hydrogen-bond donors (Lipinski definition) is 1. The Labute approximate surface area is 150 Å². The Bertz CT molecular complexity index is 680. The van der Waals surface area contributed by atoms with Gasteiger partial charge in [-0.1, -0.05) is 44.2 Å². The van der Waals surface area contributed by atoms with Crippen molar-refractivity contribution in [1.29, 1.82) is 0 Å². The van der Waals surface area contributed by atoms with E-state index in [4.69, 9.17) is 0 Å². The summed E-state index contributed by atoms with van der Waals surface area (Å²) in [5.41, 5.74) is 2.33. The van der Waals surface area contributed by atoms with E-state index >= 15 is 0 Å². The zero-order valence-electron chi connectivity index (χ0n) is 15.2. The summed E-state index contributed by atoms with van der Waals surface area (Å²) in [5.74, 6) is 0.686. The molecule has 0 unspecified atom stereocenters. The molecule has 1 amide bonds. The molecule has 2 heterocycles. The number of benzene rings is 1. The van der Waals surface area contributed by atoms with Crippen LogP contribution in [0.1, 0.15) is 37.9 Å². The molecule has 2 aromatic rings. The van der Waals surface area contributed by atoms with Crippen LogP contribution in [0.15, 0.2) is 42.9 Å². The van der Waals surface area contributed by atoms with E-state index in [1.807, 2.05) is 18.6 Å². The van der Waals surface area contributed by atoms with Gasteiger partial charge in [0.15, 0.2) is 0 Å². The fraction of sp³-hybridized carbons (Fsp3) is 0.500. The summed E-state index contributed by atoms with van der Waals surface area (Å²) in [4.78, 5) is 19.2. The molecule has 5 nitrogen and oxygen atoms in total. The van der Waals surface area contributed by atoms with E-state index in [-0.39, 0.29) is 11.9 Å². The molecule has 3 rings (SSSR count). The van der Waals surface area contributed by atoms with Gasteiger partial charge in [0.25, 0.3) is 0 Å². The lowest BCUT2D eigenvalue weighted by Gasteiger charge is -2.24. The minimum atomic E-state index is -0.0262. The number of nitrogens with zero attached hydrogens (tertiary/aromatic N) is 3. The Morgan fingerprint density at radius 2 is 2.12 bits per heavy atom. The average molecular weight is 340 g/mol. The Kier molecular flexibility index (Phi) is 5.87. The molecule has 1 fully saturated rings. The highest BCUT2D eigenvalue weighted by Crippen LogP contribution is 2.20. The maximum atomic E-state index is 12.7. The molecule has 1 aromatic carbocycles. The summed E-state index contributed by atoms with van der Waals surface area (Å²) in [6.07, 6.45) is 5.71. The summed E-state index contributed by atoms with van der Waals surface area (Å²) < 4.78 is 2.13. The second kappa shape index (κ2) is 8.30. The highest BCUT2D eigenvalue weighted by molar-refractivity contribution is 5.82. The zero-order chi connectivity index (χ0) is 17.6. The maximum absolute atomic E-state index is 12.7. The Balaban J connectivity index is 1.56. The van der Waals surface area contributed by atoms with Crippen molar-refractivity contribution < 1.29 is 4.79 Å². The predicted molar refractivity (Wildman–Crippen MR) is 98.8 cm³/mol. The summed E-state index contributed by atoms with van der Waals surface area (Å²) >= 11 is 0. The SMILES string of the molecule is CC(C)Cn1cncc1CNC(=O)[C@@H]1CCCN1Cc1ccccc1. The van der Waals surface area contributed by atoms with Gasteiger partial charge in [0.05, 0.1) is 24.6 Å². The zero-order valence-corrected chi connectivity index (χ0v) is 15.2. The molecule has 1 aromatic heterocycles. The molecule has 1 aliphatic rings. The molecule has 134 valence electrons. The summed E-state index contributed by atoms with van der Waals surface area (Å²) in [6, 6.07) is 10.3. The van der Waals surface area contributed by atoms with Crippen molar-refractivity contribution in [1.82, 2.24) is 19.8 Å². The van der Waals surface area contributed by atoms with E-state index < -0.39 is 0 Å². The van der Waals surface area contributed by atoms with E-state index in [9.17, 15) is 4.79 Å². The fourth-order valence-electron chi connectivity index (χ4n) is 3.48. The molecular weight excluding hydrogens is 312 g/mol. The van der Waals surface area contributed by atoms with Crippen LogP contribution in [0.4, 0.5) is 0 Å². The number of carbonyl (C=O) groups is 1. The summed E-state index contributed by atoms with van der Waals surface area (Å²) in [6.45, 7) is 7.66. The van der Waals surface area contributed by atoms with Gasteiger partial charge in [-0.05, 0) is 30.9 Å². The highest BCUT2D eigenvalue weighted by Gasteiger charge is 2.30. The third-order valence-electron chi connectivity index (χ3n) is 4.70. The second-order valence-corrected chi connectivity index (χ2v) is 7.26. The molecule has 1 atom stereocenters. The number of aromatic nitrogens is 2. The standard InChI is InChI=1S/C20H28N4O/c1-16(2)13-24-15-21-11-18(24)12-22-20(25)19-9-6-10-23(19)14-17-7-4-3-5-8-17/h3-5,7-8,11,15-16,19H,6,9-10,12-14H2,1-2H3,(H,22,25)/t19-/m0/s1. The van der Waals surface area contributed by atoms with Crippen LogP contribution in [-0.4, -0.2) is 32.9 Å². The van der Waals surface area contributed by atoms with Crippen LogP contribution >= 0.6 is 0 Å². The number of nitrogens with one attached hydrogen (secondary N) is 1. The van der Waals surface area contributed by atoms with E-state index in [0.717, 1.165) is 38.2 Å². The van der Waals surface area contributed by atoms with Crippen molar-refractivity contribution in [2.75, 3.05) is 6.54 Å². The van der Waals surface area contributed by atoms with Crippen LogP contribution in [0, 0.1) is 5.92 Å². The second-order valence-electron chi connectivity index (χ2n) is 7.26. The molecule has 0 saturated carbocycles. The first-order valence-electron chi connectivity index (χ1n) is 9.18. The molecule has 0 spiro atoms. The first-order valence-corrected chi connectivity index (χ1v) is 9.18. The quantitative estimate of drug-likeness (QED) is 0.843. The van der Waals surface area contributed by atoms with Crippen LogP contribution < -0.4 is 5.32 Å².